The fraction of sp³-hybridized carbons (Fsp3) is 0.500. The van der Waals surface area contributed by atoms with Crippen LogP contribution in [-0.2, 0) is 11.1 Å². The molecule has 1 N–H and O–H groups in total. The Balaban J connectivity index is 2.97. The van der Waals surface area contributed by atoms with Crippen molar-refractivity contribution in [1.82, 2.24) is 0 Å². The van der Waals surface area contributed by atoms with Crippen LogP contribution in [0.15, 0.2) is 12.7 Å². The molecule has 0 aliphatic rings. The smallest absolute Gasteiger partial charge is 0.153 e. The van der Waals surface area contributed by atoms with E-state index in [0.29, 0.717) is 12.2 Å². The van der Waals surface area contributed by atoms with E-state index in [0.717, 1.165) is 0 Å². The number of allylic oxidation sites excluding steroid dienone is 1. The molecule has 0 aromatic rings. The monoisotopic (exact) mass is 120 g/mol. The fourth-order valence-electron chi connectivity index (χ4n) is 0.184. The molecule has 0 aliphatic carbocycles. The summed E-state index contributed by atoms with van der Waals surface area (Å²) in [5.41, 5.74) is 0. The van der Waals surface area contributed by atoms with Crippen molar-refractivity contribution in [2.24, 2.45) is 0 Å². The third-order valence-corrected chi connectivity index (χ3v) is 1.08. The summed E-state index contributed by atoms with van der Waals surface area (Å²) in [5.74, 6) is 0.309. The van der Waals surface area contributed by atoms with E-state index in [1.165, 1.54) is 0 Å². The molecule has 0 radical (unpaired) electrons. The van der Waals surface area contributed by atoms with Crippen LogP contribution < -0.4 is 0 Å². The highest BCUT2D eigenvalue weighted by Crippen LogP contribution is 1.81. The minimum atomic E-state index is -1.64. The van der Waals surface area contributed by atoms with E-state index in [-0.39, 0.29) is 0 Å². The average molecular weight is 120 g/mol. The second kappa shape index (κ2) is 4.02. The fourth-order valence-corrected chi connectivity index (χ4v) is 0.552. The average Bonchev–Trinajstić information content (AvgIpc) is 1.61. The molecule has 1 atom stereocenters. The number of hydrogen-bond acceptors (Lipinski definition) is 1. The molecular formula is C4H8O2S. The molecule has 0 heterocycles. The van der Waals surface area contributed by atoms with Gasteiger partial charge in [-0.15, -0.1) is 6.58 Å². The van der Waals surface area contributed by atoms with Crippen LogP contribution in [-0.4, -0.2) is 14.5 Å². The molecule has 7 heavy (non-hydrogen) atoms. The van der Waals surface area contributed by atoms with Gasteiger partial charge in [0.2, 0.25) is 0 Å². The molecule has 1 unspecified atom stereocenters. The van der Waals surface area contributed by atoms with Crippen molar-refractivity contribution >= 4 is 11.1 Å². The Morgan fingerprint density at radius 3 is 2.57 bits per heavy atom. The molecule has 0 bridgehead atoms. The van der Waals surface area contributed by atoms with Crippen molar-refractivity contribution in [3.05, 3.63) is 12.7 Å². The third kappa shape index (κ3) is 5.85. The van der Waals surface area contributed by atoms with E-state index >= 15 is 0 Å². The molecule has 0 saturated heterocycles. The van der Waals surface area contributed by atoms with Crippen molar-refractivity contribution in [3.63, 3.8) is 0 Å². The lowest BCUT2D eigenvalue weighted by Crippen LogP contribution is -1.90. The normalized spacial score (nSPS) is 13.3. The minimum Gasteiger partial charge on any atom is -0.306 e. The molecule has 0 fully saturated rings. The Morgan fingerprint density at radius 1 is 1.86 bits per heavy atom. The second-order valence-corrected chi connectivity index (χ2v) is 2.15. The first-order valence-corrected chi connectivity index (χ1v) is 3.23. The summed E-state index contributed by atoms with van der Waals surface area (Å²) < 4.78 is 17.9. The van der Waals surface area contributed by atoms with Crippen molar-refractivity contribution in [3.8, 4) is 0 Å². The molecule has 0 spiro atoms. The van der Waals surface area contributed by atoms with Crippen molar-refractivity contribution in [2.45, 2.75) is 6.42 Å². The first-order valence-electron chi connectivity index (χ1n) is 1.95. The van der Waals surface area contributed by atoms with Gasteiger partial charge >= 0.3 is 0 Å². The van der Waals surface area contributed by atoms with Crippen LogP contribution in [0.2, 0.25) is 0 Å². The van der Waals surface area contributed by atoms with E-state index in [1.54, 1.807) is 6.08 Å². The van der Waals surface area contributed by atoms with Gasteiger partial charge in [0.1, 0.15) is 0 Å². The maximum atomic E-state index is 9.82. The summed E-state index contributed by atoms with van der Waals surface area (Å²) in [5, 5.41) is 0. The van der Waals surface area contributed by atoms with Gasteiger partial charge in [0, 0.05) is 0 Å². The van der Waals surface area contributed by atoms with Crippen molar-refractivity contribution in [1.29, 1.82) is 0 Å². The zero-order valence-electron chi connectivity index (χ0n) is 3.96. The Bertz CT molecular complexity index is 79.8. The highest BCUT2D eigenvalue weighted by atomic mass is 32.2. The highest BCUT2D eigenvalue weighted by molar-refractivity contribution is 7.79. The highest BCUT2D eigenvalue weighted by Gasteiger charge is 1.85. The Labute approximate surface area is 45.5 Å². The van der Waals surface area contributed by atoms with E-state index in [1.807, 2.05) is 0 Å². The van der Waals surface area contributed by atoms with Crippen molar-refractivity contribution in [2.75, 3.05) is 5.75 Å². The molecule has 3 heteroatoms. The first-order chi connectivity index (χ1) is 3.27. The molecule has 42 valence electrons. The van der Waals surface area contributed by atoms with Crippen LogP contribution in [0.1, 0.15) is 6.42 Å². The Hall–Kier alpha value is -0.150. The van der Waals surface area contributed by atoms with Crippen LogP contribution >= 0.6 is 0 Å². The summed E-state index contributed by atoms with van der Waals surface area (Å²) in [6.07, 6.45) is 2.23. The maximum absolute atomic E-state index is 9.82. The molecule has 0 aromatic heterocycles. The molecule has 0 amide bonds. The minimum absolute atomic E-state index is 0.309. The largest absolute Gasteiger partial charge is 0.306 e. The first kappa shape index (κ1) is 6.85. The van der Waals surface area contributed by atoms with Crippen molar-refractivity contribution < 1.29 is 8.76 Å². The molecule has 0 saturated carbocycles. The van der Waals surface area contributed by atoms with Gasteiger partial charge in [-0.3, -0.25) is 0 Å². The lowest BCUT2D eigenvalue weighted by molar-refractivity contribution is 0.564. The zero-order chi connectivity index (χ0) is 5.70. The van der Waals surface area contributed by atoms with Gasteiger partial charge < -0.3 is 4.55 Å². The maximum Gasteiger partial charge on any atom is 0.153 e. The van der Waals surface area contributed by atoms with Crippen LogP contribution in [0.3, 0.4) is 0 Å². The quantitative estimate of drug-likeness (QED) is 0.441. The number of rotatable bonds is 3. The van der Waals surface area contributed by atoms with Gasteiger partial charge in [-0.2, -0.15) is 0 Å². The summed E-state index contributed by atoms with van der Waals surface area (Å²) in [7, 11) is 0. The lowest BCUT2D eigenvalue weighted by atomic mass is 10.5. The predicted octanol–water partition coefficient (Wildman–Crippen LogP) is 0.784. The van der Waals surface area contributed by atoms with E-state index in [9.17, 15) is 4.21 Å². The van der Waals surface area contributed by atoms with Gasteiger partial charge in [-0.05, 0) is 6.42 Å². The Morgan fingerprint density at radius 2 is 2.43 bits per heavy atom. The van der Waals surface area contributed by atoms with E-state index in [4.69, 9.17) is 4.55 Å². The van der Waals surface area contributed by atoms with Gasteiger partial charge in [0.25, 0.3) is 0 Å². The Kier molecular flexibility index (Phi) is 3.93. The van der Waals surface area contributed by atoms with Crippen LogP contribution in [0.5, 0.6) is 0 Å². The van der Waals surface area contributed by atoms with Gasteiger partial charge in [0.05, 0.1) is 5.75 Å². The van der Waals surface area contributed by atoms with Gasteiger partial charge in [-0.25, -0.2) is 4.21 Å². The topological polar surface area (TPSA) is 37.3 Å². The molecular weight excluding hydrogens is 112 g/mol. The second-order valence-electron chi connectivity index (χ2n) is 1.10. The summed E-state index contributed by atoms with van der Waals surface area (Å²) in [4.78, 5) is 0. The van der Waals surface area contributed by atoms with E-state index in [2.05, 4.69) is 6.58 Å². The number of hydrogen-bond donors (Lipinski definition) is 1. The van der Waals surface area contributed by atoms with Gasteiger partial charge in [-0.1, -0.05) is 6.08 Å². The van der Waals surface area contributed by atoms with Crippen LogP contribution in [0, 0.1) is 0 Å². The van der Waals surface area contributed by atoms with Crippen LogP contribution in [0.25, 0.3) is 0 Å². The molecule has 0 rings (SSSR count). The molecule has 0 aromatic carbocycles. The molecule has 2 nitrogen and oxygen atoms in total. The molecule has 0 aliphatic heterocycles. The summed E-state index contributed by atoms with van der Waals surface area (Å²) in [6, 6.07) is 0. The van der Waals surface area contributed by atoms with Crippen LogP contribution in [0.4, 0.5) is 0 Å². The summed E-state index contributed by atoms with van der Waals surface area (Å²) >= 11 is -1.64. The SMILES string of the molecule is C=CCCS(=O)O. The third-order valence-electron chi connectivity index (χ3n) is 0.497. The zero-order valence-corrected chi connectivity index (χ0v) is 4.78. The van der Waals surface area contributed by atoms with E-state index < -0.39 is 11.1 Å². The van der Waals surface area contributed by atoms with Gasteiger partial charge in [0.15, 0.2) is 11.1 Å². The standard InChI is InChI=1S/C4H8O2S/c1-2-3-4-7(5)6/h2H,1,3-4H2,(H,5,6). The summed E-state index contributed by atoms with van der Waals surface area (Å²) in [6.45, 7) is 3.39. The predicted molar refractivity (Wildman–Crippen MR) is 30.5 cm³/mol. The lowest BCUT2D eigenvalue weighted by Gasteiger charge is -1.83.